The Morgan fingerprint density at radius 3 is 2.84 bits per heavy atom. The number of aryl methyl sites for hydroxylation is 2. The molecule has 0 atom stereocenters. The van der Waals surface area contributed by atoms with E-state index in [2.05, 4.69) is 45.3 Å². The van der Waals surface area contributed by atoms with Crippen molar-refractivity contribution in [2.75, 3.05) is 12.4 Å². The molecular weight excluding hydrogens is 400 g/mol. The van der Waals surface area contributed by atoms with Gasteiger partial charge in [0.25, 0.3) is 0 Å². The lowest BCUT2D eigenvalue weighted by Gasteiger charge is -2.04. The Kier molecular flexibility index (Phi) is 5.20. The summed E-state index contributed by atoms with van der Waals surface area (Å²) >= 11 is 4.90. The predicted octanol–water partition coefficient (Wildman–Crippen LogP) is 5.34. The predicted molar refractivity (Wildman–Crippen MR) is 107 cm³/mol. The van der Waals surface area contributed by atoms with Crippen molar-refractivity contribution < 1.29 is 9.53 Å². The molecule has 0 bridgehead atoms. The number of amides is 1. The van der Waals surface area contributed by atoms with E-state index in [1.807, 2.05) is 25.1 Å². The van der Waals surface area contributed by atoms with E-state index in [1.54, 1.807) is 13.2 Å². The second-order valence-electron chi connectivity index (χ2n) is 5.66. The van der Waals surface area contributed by atoms with Crippen molar-refractivity contribution in [3.05, 3.63) is 57.6 Å². The van der Waals surface area contributed by atoms with Crippen LogP contribution in [-0.2, 0) is 4.79 Å². The van der Waals surface area contributed by atoms with E-state index in [0.29, 0.717) is 10.9 Å². The standard InChI is InChI=1S/C19H17BrN2O2S/c1-11-8-12(2)18-16(9-11)25-19(22-18)21-17(23)7-4-13-10-14(20)5-6-15(13)24-3/h4-10H,1-3H3,(H,21,22,23)/b7-4+. The van der Waals surface area contributed by atoms with Crippen molar-refractivity contribution in [3.8, 4) is 5.75 Å². The molecule has 0 fully saturated rings. The molecule has 1 heterocycles. The second kappa shape index (κ2) is 7.37. The van der Waals surface area contributed by atoms with Gasteiger partial charge in [-0.05, 0) is 55.3 Å². The number of aromatic nitrogens is 1. The summed E-state index contributed by atoms with van der Waals surface area (Å²) in [5.41, 5.74) is 4.06. The molecule has 2 aromatic carbocycles. The number of ether oxygens (including phenoxy) is 1. The Hall–Kier alpha value is -2.18. The quantitative estimate of drug-likeness (QED) is 0.584. The number of thiazole rings is 1. The van der Waals surface area contributed by atoms with E-state index in [-0.39, 0.29) is 5.91 Å². The molecule has 0 aliphatic carbocycles. The molecule has 3 aromatic rings. The van der Waals surface area contributed by atoms with Gasteiger partial charge in [-0.1, -0.05) is 33.3 Å². The van der Waals surface area contributed by atoms with Gasteiger partial charge < -0.3 is 4.74 Å². The zero-order chi connectivity index (χ0) is 18.0. The van der Waals surface area contributed by atoms with E-state index >= 15 is 0 Å². The maximum Gasteiger partial charge on any atom is 0.250 e. The van der Waals surface area contributed by atoms with Crippen LogP contribution in [0, 0.1) is 13.8 Å². The fourth-order valence-corrected chi connectivity index (χ4v) is 4.00. The number of hydrogen-bond donors (Lipinski definition) is 1. The summed E-state index contributed by atoms with van der Waals surface area (Å²) in [4.78, 5) is 16.7. The number of carbonyl (C=O) groups is 1. The van der Waals surface area contributed by atoms with Crippen molar-refractivity contribution in [2.24, 2.45) is 0 Å². The first-order valence-corrected chi connectivity index (χ1v) is 9.27. The molecule has 1 aromatic heterocycles. The lowest BCUT2D eigenvalue weighted by Crippen LogP contribution is -2.07. The molecule has 1 N–H and O–H groups in total. The number of carbonyl (C=O) groups excluding carboxylic acids is 1. The van der Waals surface area contributed by atoms with Gasteiger partial charge in [0, 0.05) is 16.1 Å². The third-order valence-corrected chi connectivity index (χ3v) is 5.08. The topological polar surface area (TPSA) is 51.2 Å². The third-order valence-electron chi connectivity index (χ3n) is 3.67. The summed E-state index contributed by atoms with van der Waals surface area (Å²) in [7, 11) is 1.60. The van der Waals surface area contributed by atoms with Crippen LogP contribution in [0.2, 0.25) is 0 Å². The van der Waals surface area contributed by atoms with Crippen molar-refractivity contribution in [3.63, 3.8) is 0 Å². The van der Waals surface area contributed by atoms with Crippen LogP contribution >= 0.6 is 27.3 Å². The molecule has 0 radical (unpaired) electrons. The van der Waals surface area contributed by atoms with Crippen LogP contribution in [0.25, 0.3) is 16.3 Å². The molecule has 1 amide bonds. The average Bonchev–Trinajstić information content (AvgIpc) is 2.95. The Balaban J connectivity index is 1.79. The molecule has 6 heteroatoms. The van der Waals surface area contributed by atoms with E-state index in [9.17, 15) is 4.79 Å². The van der Waals surface area contributed by atoms with Crippen LogP contribution < -0.4 is 10.1 Å². The molecule has 0 saturated heterocycles. The molecule has 0 unspecified atom stereocenters. The SMILES string of the molecule is COc1ccc(Br)cc1/C=C/C(=O)Nc1nc2c(C)cc(C)cc2s1. The van der Waals surface area contributed by atoms with Gasteiger partial charge in [-0.2, -0.15) is 0 Å². The van der Waals surface area contributed by atoms with Crippen LogP contribution in [0.1, 0.15) is 16.7 Å². The maximum absolute atomic E-state index is 12.2. The summed E-state index contributed by atoms with van der Waals surface area (Å²) in [5, 5.41) is 3.43. The summed E-state index contributed by atoms with van der Waals surface area (Å²) in [6.07, 6.45) is 3.20. The van der Waals surface area contributed by atoms with Gasteiger partial charge in [0.05, 0.1) is 17.3 Å². The highest BCUT2D eigenvalue weighted by Gasteiger charge is 2.09. The minimum Gasteiger partial charge on any atom is -0.496 e. The van der Waals surface area contributed by atoms with E-state index in [0.717, 1.165) is 25.8 Å². The molecule has 25 heavy (non-hydrogen) atoms. The Morgan fingerprint density at radius 2 is 2.08 bits per heavy atom. The smallest absolute Gasteiger partial charge is 0.250 e. The van der Waals surface area contributed by atoms with Crippen molar-refractivity contribution in [1.29, 1.82) is 0 Å². The third kappa shape index (κ3) is 4.08. The van der Waals surface area contributed by atoms with Gasteiger partial charge in [-0.25, -0.2) is 4.98 Å². The van der Waals surface area contributed by atoms with Gasteiger partial charge in [0.1, 0.15) is 5.75 Å². The second-order valence-corrected chi connectivity index (χ2v) is 7.60. The summed E-state index contributed by atoms with van der Waals surface area (Å²) < 4.78 is 7.30. The highest BCUT2D eigenvalue weighted by molar-refractivity contribution is 9.10. The minimum absolute atomic E-state index is 0.226. The normalized spacial score (nSPS) is 11.2. The zero-order valence-corrected chi connectivity index (χ0v) is 16.5. The molecule has 3 rings (SSSR count). The van der Waals surface area contributed by atoms with Crippen LogP contribution in [0.4, 0.5) is 5.13 Å². The summed E-state index contributed by atoms with van der Waals surface area (Å²) in [6, 6.07) is 9.80. The van der Waals surface area contributed by atoms with Gasteiger partial charge in [0.2, 0.25) is 5.91 Å². The molecule has 0 saturated carbocycles. The van der Waals surface area contributed by atoms with Crippen molar-refractivity contribution in [1.82, 2.24) is 4.98 Å². The molecule has 0 aliphatic heterocycles. The van der Waals surface area contributed by atoms with Gasteiger partial charge in [-0.15, -0.1) is 0 Å². The first kappa shape index (κ1) is 17.6. The number of hydrogen-bond acceptors (Lipinski definition) is 4. The Morgan fingerprint density at radius 1 is 1.28 bits per heavy atom. The summed E-state index contributed by atoms with van der Waals surface area (Å²) in [5.74, 6) is 0.480. The highest BCUT2D eigenvalue weighted by atomic mass is 79.9. The largest absolute Gasteiger partial charge is 0.496 e. The van der Waals surface area contributed by atoms with Gasteiger partial charge >= 0.3 is 0 Å². The van der Waals surface area contributed by atoms with E-state index < -0.39 is 0 Å². The first-order valence-electron chi connectivity index (χ1n) is 7.66. The number of rotatable bonds is 4. The number of benzene rings is 2. The number of nitrogens with one attached hydrogen (secondary N) is 1. The maximum atomic E-state index is 12.2. The lowest BCUT2D eigenvalue weighted by atomic mass is 10.1. The first-order chi connectivity index (χ1) is 12.0. The van der Waals surface area contributed by atoms with Gasteiger partial charge in [0.15, 0.2) is 5.13 Å². The fraction of sp³-hybridized carbons (Fsp3) is 0.158. The number of anilines is 1. The number of methoxy groups -OCH3 is 1. The number of fused-ring (bicyclic) bond motifs is 1. The zero-order valence-electron chi connectivity index (χ0n) is 14.1. The molecule has 0 spiro atoms. The number of nitrogens with zero attached hydrogens (tertiary/aromatic N) is 1. The van der Waals surface area contributed by atoms with Crippen LogP contribution in [0.15, 0.2) is 40.9 Å². The van der Waals surface area contributed by atoms with Gasteiger partial charge in [-0.3, -0.25) is 10.1 Å². The van der Waals surface area contributed by atoms with E-state index in [4.69, 9.17) is 4.74 Å². The minimum atomic E-state index is -0.226. The Labute approximate surface area is 158 Å². The Bertz CT molecular complexity index is 979. The van der Waals surface area contributed by atoms with Crippen molar-refractivity contribution >= 4 is 54.6 Å². The average molecular weight is 417 g/mol. The molecular formula is C19H17BrN2O2S. The molecule has 0 aliphatic rings. The van der Waals surface area contributed by atoms with Crippen molar-refractivity contribution in [2.45, 2.75) is 13.8 Å². The highest BCUT2D eigenvalue weighted by Crippen LogP contribution is 2.29. The molecule has 128 valence electrons. The van der Waals surface area contributed by atoms with Crippen LogP contribution in [0.3, 0.4) is 0 Å². The van der Waals surface area contributed by atoms with E-state index in [1.165, 1.54) is 23.0 Å². The monoisotopic (exact) mass is 416 g/mol. The fourth-order valence-electron chi connectivity index (χ4n) is 2.57. The molecule has 4 nitrogen and oxygen atoms in total. The van der Waals surface area contributed by atoms with Crippen LogP contribution in [-0.4, -0.2) is 18.0 Å². The lowest BCUT2D eigenvalue weighted by molar-refractivity contribution is -0.111. The van der Waals surface area contributed by atoms with Crippen LogP contribution in [0.5, 0.6) is 5.75 Å². The number of halogens is 1. The summed E-state index contributed by atoms with van der Waals surface area (Å²) in [6.45, 7) is 4.08.